The summed E-state index contributed by atoms with van der Waals surface area (Å²) in [7, 11) is 0. The van der Waals surface area contributed by atoms with Crippen molar-refractivity contribution < 1.29 is 4.42 Å². The number of halogens is 1. The lowest BCUT2D eigenvalue weighted by Gasteiger charge is -2.04. The molecule has 2 rings (SSSR count). The Morgan fingerprint density at radius 2 is 2.06 bits per heavy atom. The van der Waals surface area contributed by atoms with Crippen molar-refractivity contribution in [2.75, 3.05) is 6.54 Å². The molecule has 2 nitrogen and oxygen atoms in total. The Bertz CT molecular complexity index is 505. The lowest BCUT2D eigenvalue weighted by Crippen LogP contribution is -2.10. The molecule has 1 aromatic carbocycles. The molecule has 0 aliphatic rings. The van der Waals surface area contributed by atoms with Gasteiger partial charge in [-0.1, -0.05) is 35.0 Å². The molecule has 0 spiro atoms. The highest BCUT2D eigenvalue weighted by atomic mass is 79.9. The van der Waals surface area contributed by atoms with Crippen molar-refractivity contribution in [2.24, 2.45) is 0 Å². The fraction of sp³-hybridized carbons (Fsp3) is 0.286. The van der Waals surface area contributed by atoms with E-state index in [0.717, 1.165) is 34.6 Å². The molecule has 0 saturated heterocycles. The second kappa shape index (κ2) is 5.52. The Morgan fingerprint density at radius 1 is 1.24 bits per heavy atom. The quantitative estimate of drug-likeness (QED) is 0.917. The lowest BCUT2D eigenvalue weighted by molar-refractivity contribution is 0.498. The second-order valence-electron chi connectivity index (χ2n) is 3.96. The first-order valence-electron chi connectivity index (χ1n) is 5.77. The van der Waals surface area contributed by atoms with Crippen LogP contribution in [0.25, 0.3) is 11.3 Å². The molecule has 0 aliphatic carbocycles. The van der Waals surface area contributed by atoms with Gasteiger partial charge < -0.3 is 9.73 Å². The third-order valence-electron chi connectivity index (χ3n) is 2.74. The molecule has 1 N–H and O–H groups in total. The highest BCUT2D eigenvalue weighted by Gasteiger charge is 2.08. The van der Waals surface area contributed by atoms with Crippen molar-refractivity contribution in [1.82, 2.24) is 5.32 Å². The van der Waals surface area contributed by atoms with Crippen LogP contribution in [0, 0.1) is 6.92 Å². The van der Waals surface area contributed by atoms with Crippen molar-refractivity contribution in [3.05, 3.63) is 46.1 Å². The summed E-state index contributed by atoms with van der Waals surface area (Å²) < 4.78 is 6.94. The maximum atomic E-state index is 5.82. The summed E-state index contributed by atoms with van der Waals surface area (Å²) in [4.78, 5) is 0. The molecule has 0 radical (unpaired) electrons. The summed E-state index contributed by atoms with van der Waals surface area (Å²) in [6.07, 6.45) is 0. The summed E-state index contributed by atoms with van der Waals surface area (Å²) in [5, 5.41) is 3.25. The molecule has 1 heterocycles. The van der Waals surface area contributed by atoms with Crippen molar-refractivity contribution in [3.63, 3.8) is 0 Å². The van der Waals surface area contributed by atoms with E-state index in [0.29, 0.717) is 0 Å². The van der Waals surface area contributed by atoms with Crippen LogP contribution >= 0.6 is 15.9 Å². The standard InChI is InChI=1S/C14H16BrNO/c1-3-16-9-11-7-8-14(17-11)12-5-4-6-13(15)10(12)2/h4-8,16H,3,9H2,1-2H3. The highest BCUT2D eigenvalue weighted by molar-refractivity contribution is 9.10. The van der Waals surface area contributed by atoms with E-state index in [1.807, 2.05) is 24.3 Å². The normalized spacial score (nSPS) is 10.8. The van der Waals surface area contributed by atoms with E-state index in [1.165, 1.54) is 5.56 Å². The maximum Gasteiger partial charge on any atom is 0.134 e. The molecule has 0 bridgehead atoms. The Labute approximate surface area is 110 Å². The topological polar surface area (TPSA) is 25.2 Å². The second-order valence-corrected chi connectivity index (χ2v) is 4.81. The zero-order valence-corrected chi connectivity index (χ0v) is 11.7. The Balaban J connectivity index is 2.27. The highest BCUT2D eigenvalue weighted by Crippen LogP contribution is 2.29. The minimum atomic E-state index is 0.781. The van der Waals surface area contributed by atoms with E-state index < -0.39 is 0 Å². The van der Waals surface area contributed by atoms with Crippen molar-refractivity contribution in [3.8, 4) is 11.3 Å². The van der Waals surface area contributed by atoms with Crippen LogP contribution in [0.3, 0.4) is 0 Å². The van der Waals surface area contributed by atoms with E-state index in [4.69, 9.17) is 4.42 Å². The molecule has 90 valence electrons. The molecule has 0 amide bonds. The van der Waals surface area contributed by atoms with Crippen molar-refractivity contribution in [2.45, 2.75) is 20.4 Å². The van der Waals surface area contributed by atoms with Gasteiger partial charge in [0.1, 0.15) is 11.5 Å². The lowest BCUT2D eigenvalue weighted by atomic mass is 10.1. The molecule has 2 aromatic rings. The summed E-state index contributed by atoms with van der Waals surface area (Å²) in [5.74, 6) is 1.90. The fourth-order valence-electron chi connectivity index (χ4n) is 1.74. The summed E-state index contributed by atoms with van der Waals surface area (Å²) in [6, 6.07) is 10.2. The van der Waals surface area contributed by atoms with Gasteiger partial charge in [0.05, 0.1) is 6.54 Å². The molecule has 0 aliphatic heterocycles. The number of furan rings is 1. The van der Waals surface area contributed by atoms with Crippen LogP contribution in [0.15, 0.2) is 39.2 Å². The number of rotatable bonds is 4. The average Bonchev–Trinajstić information content (AvgIpc) is 2.78. The molecular weight excluding hydrogens is 278 g/mol. The van der Waals surface area contributed by atoms with Crippen LogP contribution in [0.2, 0.25) is 0 Å². The van der Waals surface area contributed by atoms with Gasteiger partial charge >= 0.3 is 0 Å². The molecule has 17 heavy (non-hydrogen) atoms. The van der Waals surface area contributed by atoms with Gasteiger partial charge in [-0.3, -0.25) is 0 Å². The number of hydrogen-bond donors (Lipinski definition) is 1. The molecule has 0 saturated carbocycles. The Morgan fingerprint density at radius 3 is 2.82 bits per heavy atom. The van der Waals surface area contributed by atoms with E-state index in [-0.39, 0.29) is 0 Å². The van der Waals surface area contributed by atoms with Crippen molar-refractivity contribution >= 4 is 15.9 Å². The largest absolute Gasteiger partial charge is 0.460 e. The molecule has 3 heteroatoms. The third-order valence-corrected chi connectivity index (χ3v) is 3.60. The van der Waals surface area contributed by atoms with Gasteiger partial charge in [-0.05, 0) is 37.2 Å². The number of benzene rings is 1. The molecule has 0 fully saturated rings. The smallest absolute Gasteiger partial charge is 0.134 e. The van der Waals surface area contributed by atoms with Gasteiger partial charge in [-0.2, -0.15) is 0 Å². The first kappa shape index (κ1) is 12.4. The molecular formula is C14H16BrNO. The van der Waals surface area contributed by atoms with Gasteiger partial charge in [0, 0.05) is 10.0 Å². The number of hydrogen-bond acceptors (Lipinski definition) is 2. The summed E-state index contributed by atoms with van der Waals surface area (Å²) in [6.45, 7) is 5.91. The van der Waals surface area contributed by atoms with Crippen molar-refractivity contribution in [1.29, 1.82) is 0 Å². The first-order valence-corrected chi connectivity index (χ1v) is 6.56. The van der Waals surface area contributed by atoms with Gasteiger partial charge in [-0.25, -0.2) is 0 Å². The van der Waals surface area contributed by atoms with Crippen LogP contribution in [0.1, 0.15) is 18.2 Å². The maximum absolute atomic E-state index is 5.82. The first-order chi connectivity index (χ1) is 8.22. The van der Waals surface area contributed by atoms with Gasteiger partial charge in [-0.15, -0.1) is 0 Å². The molecule has 1 aromatic heterocycles. The van der Waals surface area contributed by atoms with Crippen LogP contribution in [-0.4, -0.2) is 6.54 Å². The third kappa shape index (κ3) is 2.79. The zero-order chi connectivity index (χ0) is 12.3. The SMILES string of the molecule is CCNCc1ccc(-c2cccc(Br)c2C)o1. The Kier molecular flexibility index (Phi) is 4.02. The summed E-state index contributed by atoms with van der Waals surface area (Å²) >= 11 is 3.54. The fourth-order valence-corrected chi connectivity index (χ4v) is 2.11. The monoisotopic (exact) mass is 293 g/mol. The predicted molar refractivity (Wildman–Crippen MR) is 74.0 cm³/mol. The van der Waals surface area contributed by atoms with E-state index in [1.54, 1.807) is 0 Å². The van der Waals surface area contributed by atoms with Crippen LogP contribution in [0.5, 0.6) is 0 Å². The van der Waals surface area contributed by atoms with Gasteiger partial charge in [0.25, 0.3) is 0 Å². The Hall–Kier alpha value is -1.06. The van der Waals surface area contributed by atoms with E-state index in [9.17, 15) is 0 Å². The minimum absolute atomic E-state index is 0.781. The predicted octanol–water partition coefficient (Wildman–Crippen LogP) is 4.13. The molecule has 0 atom stereocenters. The minimum Gasteiger partial charge on any atom is -0.460 e. The van der Waals surface area contributed by atoms with Gasteiger partial charge in [0.2, 0.25) is 0 Å². The van der Waals surface area contributed by atoms with Crippen LogP contribution in [-0.2, 0) is 6.54 Å². The van der Waals surface area contributed by atoms with E-state index in [2.05, 4.69) is 41.2 Å². The average molecular weight is 294 g/mol. The zero-order valence-electron chi connectivity index (χ0n) is 10.1. The van der Waals surface area contributed by atoms with E-state index >= 15 is 0 Å². The van der Waals surface area contributed by atoms with Crippen LogP contribution in [0.4, 0.5) is 0 Å². The number of nitrogens with one attached hydrogen (secondary N) is 1. The summed E-state index contributed by atoms with van der Waals surface area (Å²) in [5.41, 5.74) is 2.35. The molecule has 0 unspecified atom stereocenters. The van der Waals surface area contributed by atoms with Gasteiger partial charge in [0.15, 0.2) is 0 Å². The van der Waals surface area contributed by atoms with Crippen LogP contribution < -0.4 is 5.32 Å².